The molecule has 0 saturated heterocycles. The molecule has 42 heavy (non-hydrogen) atoms. The van der Waals surface area contributed by atoms with Crippen LogP contribution in [0.25, 0.3) is 16.6 Å². The quantitative estimate of drug-likeness (QED) is 0.305. The van der Waals surface area contributed by atoms with Crippen LogP contribution in [-0.2, 0) is 15.7 Å². The normalized spacial score (nSPS) is 14.6. The minimum Gasteiger partial charge on any atom is -0.443 e. The molecular weight excluding hydrogens is 564 g/mol. The fourth-order valence-electron chi connectivity index (χ4n) is 3.96. The number of nitrogens with zero attached hydrogens (tertiary/aromatic N) is 5. The SMILES string of the molecule is CC(C)(C)OC(=O)N(C(=O)OC(C)(C)C)c1nc(C2=C(F)CCCC2)nc2[nH]nc(Oc3cc(C(F)(F)F)ccn3)c12. The number of aromatic amines is 1. The molecule has 1 N–H and O–H groups in total. The van der Waals surface area contributed by atoms with Crippen molar-refractivity contribution in [2.75, 3.05) is 4.90 Å². The van der Waals surface area contributed by atoms with Gasteiger partial charge in [-0.2, -0.15) is 18.1 Å². The highest BCUT2D eigenvalue weighted by atomic mass is 19.4. The van der Waals surface area contributed by atoms with E-state index in [4.69, 9.17) is 14.2 Å². The third-order valence-corrected chi connectivity index (χ3v) is 5.66. The first-order chi connectivity index (χ1) is 19.4. The van der Waals surface area contributed by atoms with Crippen molar-refractivity contribution < 1.29 is 41.4 Å². The summed E-state index contributed by atoms with van der Waals surface area (Å²) in [5.41, 5.74) is -3.09. The number of carbonyl (C=O) groups excluding carboxylic acids is 2. The number of amides is 2. The van der Waals surface area contributed by atoms with E-state index in [1.54, 1.807) is 41.5 Å². The maximum atomic E-state index is 14.9. The van der Waals surface area contributed by atoms with Gasteiger partial charge in [-0.3, -0.25) is 5.10 Å². The summed E-state index contributed by atoms with van der Waals surface area (Å²) in [7, 11) is 0. The van der Waals surface area contributed by atoms with Gasteiger partial charge in [0.05, 0.1) is 5.56 Å². The maximum absolute atomic E-state index is 14.9. The summed E-state index contributed by atoms with van der Waals surface area (Å²) in [6.45, 7) is 9.46. The molecule has 3 heterocycles. The van der Waals surface area contributed by atoms with Gasteiger partial charge in [0.15, 0.2) is 17.3 Å². The predicted octanol–water partition coefficient (Wildman–Crippen LogP) is 7.49. The number of H-pyrrole nitrogens is 1. The number of nitrogens with one attached hydrogen (secondary N) is 1. The molecule has 1 aliphatic carbocycles. The molecule has 3 aromatic rings. The molecule has 3 aromatic heterocycles. The number of alkyl halides is 3. The highest BCUT2D eigenvalue weighted by Gasteiger charge is 2.38. The monoisotopic (exact) mass is 594 g/mol. The highest BCUT2D eigenvalue weighted by Crippen LogP contribution is 2.39. The Morgan fingerprint density at radius 1 is 0.952 bits per heavy atom. The van der Waals surface area contributed by atoms with Gasteiger partial charge in [-0.05, 0) is 73.3 Å². The van der Waals surface area contributed by atoms with Crippen molar-refractivity contribution >= 4 is 34.6 Å². The van der Waals surface area contributed by atoms with Gasteiger partial charge in [-0.1, -0.05) is 0 Å². The summed E-state index contributed by atoms with van der Waals surface area (Å²) >= 11 is 0. The lowest BCUT2D eigenvalue weighted by atomic mass is 9.98. The molecule has 1 aliphatic rings. The third-order valence-electron chi connectivity index (χ3n) is 5.66. The molecule has 11 nitrogen and oxygen atoms in total. The second kappa shape index (κ2) is 11.2. The number of rotatable bonds is 4. The molecule has 0 bridgehead atoms. The van der Waals surface area contributed by atoms with Gasteiger partial charge in [-0.25, -0.2) is 28.9 Å². The van der Waals surface area contributed by atoms with Crippen LogP contribution >= 0.6 is 0 Å². The van der Waals surface area contributed by atoms with Crippen LogP contribution in [0.4, 0.5) is 33.0 Å². The van der Waals surface area contributed by atoms with Gasteiger partial charge in [-0.15, -0.1) is 5.10 Å². The lowest BCUT2D eigenvalue weighted by Gasteiger charge is -2.28. The molecule has 0 aromatic carbocycles. The fraction of sp³-hybridized carbons (Fsp3) is 0.481. The van der Waals surface area contributed by atoms with Gasteiger partial charge in [0.2, 0.25) is 5.88 Å². The molecule has 0 saturated carbocycles. The molecule has 226 valence electrons. The summed E-state index contributed by atoms with van der Waals surface area (Å²) in [6.07, 6.45) is -4.43. The van der Waals surface area contributed by atoms with Gasteiger partial charge < -0.3 is 14.2 Å². The van der Waals surface area contributed by atoms with Crippen LogP contribution in [0.1, 0.15) is 78.6 Å². The minimum atomic E-state index is -4.68. The number of hydrogen-bond donors (Lipinski definition) is 1. The van der Waals surface area contributed by atoms with Crippen molar-refractivity contribution in [3.05, 3.63) is 35.5 Å². The Kier molecular flexibility index (Phi) is 8.16. The Bertz CT molecular complexity index is 1510. The van der Waals surface area contributed by atoms with Crippen molar-refractivity contribution in [3.8, 4) is 11.8 Å². The third kappa shape index (κ3) is 7.12. The van der Waals surface area contributed by atoms with Crippen molar-refractivity contribution in [3.63, 3.8) is 0 Å². The largest absolute Gasteiger partial charge is 0.443 e. The van der Waals surface area contributed by atoms with Crippen LogP contribution in [0.2, 0.25) is 0 Å². The number of halogens is 4. The molecule has 0 radical (unpaired) electrons. The Hall–Kier alpha value is -4.30. The van der Waals surface area contributed by atoms with E-state index in [9.17, 15) is 27.2 Å². The lowest BCUT2D eigenvalue weighted by molar-refractivity contribution is -0.137. The van der Waals surface area contributed by atoms with Crippen molar-refractivity contribution in [2.45, 2.75) is 84.6 Å². The van der Waals surface area contributed by atoms with E-state index < -0.39 is 58.5 Å². The number of aromatic nitrogens is 5. The number of imide groups is 1. The van der Waals surface area contributed by atoms with E-state index in [0.29, 0.717) is 30.2 Å². The average molecular weight is 595 g/mol. The number of hydrogen-bond acceptors (Lipinski definition) is 9. The standard InChI is InChI=1S/C27H30F4N6O5/c1-25(2,3)41-23(38)37(24(39)42-26(4,5)6)21-18-20(33-19(34-21)15-9-7-8-10-16(15)28)35-36-22(18)40-17-13-14(11-12-32-17)27(29,30)31/h11-13H,7-10H2,1-6H3,(H,33,34,35,36). The lowest BCUT2D eigenvalue weighted by Crippen LogP contribution is -2.44. The van der Waals surface area contributed by atoms with Gasteiger partial charge >= 0.3 is 18.4 Å². The summed E-state index contributed by atoms with van der Waals surface area (Å²) in [5.74, 6) is -1.92. The zero-order valence-electron chi connectivity index (χ0n) is 23.8. The first kappa shape index (κ1) is 30.7. The summed E-state index contributed by atoms with van der Waals surface area (Å²) in [6, 6.07) is 1.41. The predicted molar refractivity (Wildman–Crippen MR) is 142 cm³/mol. The number of carbonyl (C=O) groups is 2. The summed E-state index contributed by atoms with van der Waals surface area (Å²) in [5, 5.41) is 6.36. The number of fused-ring (bicyclic) bond motifs is 1. The molecule has 15 heteroatoms. The van der Waals surface area contributed by atoms with Crippen molar-refractivity contribution in [2.24, 2.45) is 0 Å². The zero-order chi connectivity index (χ0) is 31.0. The summed E-state index contributed by atoms with van der Waals surface area (Å²) in [4.78, 5) is 40.0. The highest BCUT2D eigenvalue weighted by molar-refractivity contribution is 6.14. The van der Waals surface area contributed by atoms with E-state index in [-0.39, 0.29) is 28.9 Å². The van der Waals surface area contributed by atoms with Gasteiger partial charge in [0, 0.05) is 17.8 Å². The van der Waals surface area contributed by atoms with Crippen LogP contribution in [0.3, 0.4) is 0 Å². The first-order valence-electron chi connectivity index (χ1n) is 13.0. The van der Waals surface area contributed by atoms with Crippen LogP contribution in [0.15, 0.2) is 24.2 Å². The van der Waals surface area contributed by atoms with E-state index in [2.05, 4.69) is 25.1 Å². The molecule has 2 amide bonds. The Morgan fingerprint density at radius 3 is 2.14 bits per heavy atom. The fourth-order valence-corrected chi connectivity index (χ4v) is 3.96. The second-order valence-corrected chi connectivity index (χ2v) is 11.5. The molecular formula is C27H30F4N6O5. The average Bonchev–Trinajstić information content (AvgIpc) is 3.24. The zero-order valence-corrected chi connectivity index (χ0v) is 23.8. The number of ether oxygens (including phenoxy) is 3. The first-order valence-corrected chi connectivity index (χ1v) is 13.0. The Balaban J connectivity index is 1.95. The van der Waals surface area contributed by atoms with E-state index >= 15 is 0 Å². The molecule has 0 atom stereocenters. The number of pyridine rings is 1. The van der Waals surface area contributed by atoms with Gasteiger partial charge in [0.25, 0.3) is 5.88 Å². The van der Waals surface area contributed by atoms with Crippen LogP contribution < -0.4 is 9.64 Å². The van der Waals surface area contributed by atoms with Crippen LogP contribution in [-0.4, -0.2) is 48.5 Å². The van der Waals surface area contributed by atoms with Gasteiger partial charge in [0.1, 0.15) is 22.4 Å². The van der Waals surface area contributed by atoms with E-state index in [0.717, 1.165) is 12.3 Å². The maximum Gasteiger partial charge on any atom is 0.425 e. The Labute approximate surface area is 238 Å². The van der Waals surface area contributed by atoms with Crippen molar-refractivity contribution in [1.29, 1.82) is 0 Å². The van der Waals surface area contributed by atoms with Crippen LogP contribution in [0, 0.1) is 0 Å². The molecule has 0 fully saturated rings. The molecule has 4 rings (SSSR count). The second-order valence-electron chi connectivity index (χ2n) is 11.5. The van der Waals surface area contributed by atoms with Crippen LogP contribution in [0.5, 0.6) is 11.8 Å². The molecule has 0 aliphatic heterocycles. The van der Waals surface area contributed by atoms with E-state index in [1.165, 1.54) is 0 Å². The smallest absolute Gasteiger partial charge is 0.425 e. The molecule has 0 unspecified atom stereocenters. The minimum absolute atomic E-state index is 0.0973. The molecule has 0 spiro atoms. The van der Waals surface area contributed by atoms with E-state index in [1.807, 2.05) is 0 Å². The topological polar surface area (TPSA) is 132 Å². The number of anilines is 1. The number of allylic oxidation sites excluding steroid dienone is 2. The summed E-state index contributed by atoms with van der Waals surface area (Å²) < 4.78 is 71.3. The van der Waals surface area contributed by atoms with Crippen molar-refractivity contribution in [1.82, 2.24) is 25.1 Å². The Morgan fingerprint density at radius 2 is 1.57 bits per heavy atom.